The van der Waals surface area contributed by atoms with Gasteiger partial charge in [-0.2, -0.15) is 5.10 Å². The second kappa shape index (κ2) is 6.07. The molecule has 0 atom stereocenters. The van der Waals surface area contributed by atoms with Crippen LogP contribution in [0.4, 0.5) is 5.13 Å². The summed E-state index contributed by atoms with van der Waals surface area (Å²) >= 11 is 1.52. The van der Waals surface area contributed by atoms with Gasteiger partial charge in [-0.1, -0.05) is 35.6 Å². The van der Waals surface area contributed by atoms with Crippen molar-refractivity contribution in [3.63, 3.8) is 0 Å². The molecule has 0 unspecified atom stereocenters. The van der Waals surface area contributed by atoms with Gasteiger partial charge in [0.15, 0.2) is 0 Å². The smallest absolute Gasteiger partial charge is 0.238 e. The summed E-state index contributed by atoms with van der Waals surface area (Å²) in [5, 5.41) is 10.1. The Hall–Kier alpha value is -2.29. The topological polar surface area (TPSA) is 97.4 Å². The van der Waals surface area contributed by atoms with Crippen molar-refractivity contribution in [2.75, 3.05) is 5.43 Å². The van der Waals surface area contributed by atoms with Gasteiger partial charge in [-0.25, -0.2) is 18.5 Å². The summed E-state index contributed by atoms with van der Waals surface area (Å²) in [4.78, 5) is 4.51. The minimum absolute atomic E-state index is 0.0770. The van der Waals surface area contributed by atoms with Crippen LogP contribution < -0.4 is 10.6 Å². The van der Waals surface area contributed by atoms with E-state index in [-0.39, 0.29) is 4.90 Å². The molecule has 6 nitrogen and oxygen atoms in total. The van der Waals surface area contributed by atoms with Crippen LogP contribution in [0.2, 0.25) is 0 Å². The van der Waals surface area contributed by atoms with E-state index < -0.39 is 10.0 Å². The molecule has 0 aliphatic rings. The van der Waals surface area contributed by atoms with Crippen molar-refractivity contribution < 1.29 is 8.42 Å². The molecule has 3 rings (SSSR count). The number of para-hydroxylation sites is 1. The van der Waals surface area contributed by atoms with Gasteiger partial charge in [0.2, 0.25) is 15.2 Å². The van der Waals surface area contributed by atoms with Crippen molar-refractivity contribution in [1.82, 2.24) is 4.98 Å². The van der Waals surface area contributed by atoms with Crippen LogP contribution >= 0.6 is 11.3 Å². The number of benzene rings is 2. The third-order valence-corrected chi connectivity index (χ3v) is 5.08. The highest BCUT2D eigenvalue weighted by molar-refractivity contribution is 7.89. The number of hydrazone groups is 1. The van der Waals surface area contributed by atoms with Crippen LogP contribution in [-0.2, 0) is 10.0 Å². The van der Waals surface area contributed by atoms with Gasteiger partial charge in [-0.3, -0.25) is 5.43 Å². The SMILES string of the molecule is C/C(=N/Nc1nc2ccccc2s1)c1ccc(S(N)(=O)=O)cc1. The van der Waals surface area contributed by atoms with Crippen molar-refractivity contribution in [3.8, 4) is 0 Å². The van der Waals surface area contributed by atoms with Crippen LogP contribution in [0.3, 0.4) is 0 Å². The Morgan fingerprint density at radius 1 is 1.17 bits per heavy atom. The zero-order chi connectivity index (χ0) is 16.4. The van der Waals surface area contributed by atoms with E-state index in [1.807, 2.05) is 31.2 Å². The highest BCUT2D eigenvalue weighted by atomic mass is 32.2. The molecular formula is C15H14N4O2S2. The Bertz CT molecular complexity index is 943. The fourth-order valence-corrected chi connectivity index (χ4v) is 3.33. The summed E-state index contributed by atoms with van der Waals surface area (Å²) < 4.78 is 23.6. The summed E-state index contributed by atoms with van der Waals surface area (Å²) in [6.45, 7) is 1.83. The Balaban J connectivity index is 1.79. The van der Waals surface area contributed by atoms with E-state index in [0.717, 1.165) is 15.8 Å². The van der Waals surface area contributed by atoms with Crippen LogP contribution in [0.15, 0.2) is 58.5 Å². The van der Waals surface area contributed by atoms with Gasteiger partial charge in [0.05, 0.1) is 20.8 Å². The predicted molar refractivity (Wildman–Crippen MR) is 93.3 cm³/mol. The monoisotopic (exact) mass is 346 g/mol. The first-order chi connectivity index (χ1) is 10.9. The molecule has 0 bridgehead atoms. The molecule has 2 aromatic carbocycles. The summed E-state index contributed by atoms with van der Waals surface area (Å²) in [5.74, 6) is 0. The largest absolute Gasteiger partial charge is 0.252 e. The maximum Gasteiger partial charge on any atom is 0.238 e. The lowest BCUT2D eigenvalue weighted by atomic mass is 10.1. The zero-order valence-corrected chi connectivity index (χ0v) is 13.9. The molecule has 0 saturated heterocycles. The number of primary sulfonamides is 1. The Labute approximate surface area is 137 Å². The number of nitrogens with two attached hydrogens (primary N) is 1. The van der Waals surface area contributed by atoms with Gasteiger partial charge in [0.25, 0.3) is 0 Å². The quantitative estimate of drug-likeness (QED) is 0.560. The second-order valence-electron chi connectivity index (χ2n) is 4.87. The number of fused-ring (bicyclic) bond motifs is 1. The molecule has 0 amide bonds. The molecule has 0 aliphatic carbocycles. The van der Waals surface area contributed by atoms with Crippen molar-refractivity contribution >= 4 is 42.4 Å². The molecule has 0 fully saturated rings. The van der Waals surface area contributed by atoms with Gasteiger partial charge in [-0.05, 0) is 36.8 Å². The second-order valence-corrected chi connectivity index (χ2v) is 7.46. The summed E-state index contributed by atoms with van der Waals surface area (Å²) in [5.41, 5.74) is 5.36. The number of sulfonamides is 1. The van der Waals surface area contributed by atoms with E-state index in [9.17, 15) is 8.42 Å². The van der Waals surface area contributed by atoms with Crippen molar-refractivity contribution in [2.24, 2.45) is 10.2 Å². The van der Waals surface area contributed by atoms with E-state index in [0.29, 0.717) is 10.8 Å². The average molecular weight is 346 g/mol. The van der Waals surface area contributed by atoms with Gasteiger partial charge < -0.3 is 0 Å². The molecular weight excluding hydrogens is 332 g/mol. The minimum atomic E-state index is -3.68. The first-order valence-corrected chi connectivity index (χ1v) is 9.09. The molecule has 0 spiro atoms. The average Bonchev–Trinajstić information content (AvgIpc) is 2.95. The van der Waals surface area contributed by atoms with Crippen LogP contribution in [0.25, 0.3) is 10.2 Å². The van der Waals surface area contributed by atoms with Gasteiger partial charge in [0.1, 0.15) is 0 Å². The van der Waals surface area contributed by atoms with E-state index in [4.69, 9.17) is 5.14 Å². The minimum Gasteiger partial charge on any atom is -0.252 e. The fourth-order valence-electron chi connectivity index (χ4n) is 2.00. The summed E-state index contributed by atoms with van der Waals surface area (Å²) in [6.07, 6.45) is 0. The van der Waals surface area contributed by atoms with Crippen molar-refractivity contribution in [3.05, 3.63) is 54.1 Å². The van der Waals surface area contributed by atoms with Crippen molar-refractivity contribution in [1.29, 1.82) is 0 Å². The maximum absolute atomic E-state index is 11.2. The van der Waals surface area contributed by atoms with E-state index in [2.05, 4.69) is 15.5 Å². The van der Waals surface area contributed by atoms with E-state index >= 15 is 0 Å². The highest BCUT2D eigenvalue weighted by Crippen LogP contribution is 2.25. The highest BCUT2D eigenvalue weighted by Gasteiger charge is 2.08. The summed E-state index contributed by atoms with van der Waals surface area (Å²) in [6, 6.07) is 14.1. The lowest BCUT2D eigenvalue weighted by Crippen LogP contribution is -2.12. The number of nitrogens with zero attached hydrogens (tertiary/aromatic N) is 2. The Morgan fingerprint density at radius 3 is 2.52 bits per heavy atom. The number of hydrogen-bond acceptors (Lipinski definition) is 6. The lowest BCUT2D eigenvalue weighted by molar-refractivity contribution is 0.598. The number of anilines is 1. The molecule has 0 radical (unpaired) electrons. The van der Waals surface area contributed by atoms with Crippen LogP contribution in [-0.4, -0.2) is 19.1 Å². The van der Waals surface area contributed by atoms with Crippen LogP contribution in [0.1, 0.15) is 12.5 Å². The van der Waals surface area contributed by atoms with Crippen LogP contribution in [0.5, 0.6) is 0 Å². The molecule has 118 valence electrons. The maximum atomic E-state index is 11.2. The standard InChI is InChI=1S/C15H14N4O2S2/c1-10(11-6-8-12(9-7-11)23(16,20)21)18-19-15-17-13-4-2-3-5-14(13)22-15/h2-9H,1H3,(H,17,19)(H2,16,20,21)/b18-10-. The molecule has 3 N–H and O–H groups in total. The Kier molecular flexibility index (Phi) is 4.12. The van der Waals surface area contributed by atoms with Crippen LogP contribution in [0, 0.1) is 0 Å². The molecule has 3 aromatic rings. The first kappa shape index (κ1) is 15.6. The zero-order valence-electron chi connectivity index (χ0n) is 12.2. The molecule has 0 saturated carbocycles. The van der Waals surface area contributed by atoms with Crippen molar-refractivity contribution in [2.45, 2.75) is 11.8 Å². The van der Waals surface area contributed by atoms with E-state index in [1.165, 1.54) is 23.5 Å². The number of thiazole rings is 1. The third-order valence-electron chi connectivity index (χ3n) is 3.21. The summed E-state index contributed by atoms with van der Waals surface area (Å²) in [7, 11) is -3.68. The first-order valence-electron chi connectivity index (χ1n) is 6.72. The normalized spacial score (nSPS) is 12.5. The predicted octanol–water partition coefficient (Wildman–Crippen LogP) is 2.78. The van der Waals surface area contributed by atoms with E-state index in [1.54, 1.807) is 12.1 Å². The fraction of sp³-hybridized carbons (Fsp3) is 0.0667. The molecule has 8 heteroatoms. The molecule has 1 heterocycles. The number of hydrogen-bond donors (Lipinski definition) is 2. The molecule has 0 aliphatic heterocycles. The van der Waals surface area contributed by atoms with Gasteiger partial charge in [-0.15, -0.1) is 0 Å². The molecule has 23 heavy (non-hydrogen) atoms. The lowest BCUT2D eigenvalue weighted by Gasteiger charge is -2.03. The number of nitrogens with one attached hydrogen (secondary N) is 1. The third kappa shape index (κ3) is 3.55. The van der Waals surface area contributed by atoms with Gasteiger partial charge >= 0.3 is 0 Å². The molecule has 1 aromatic heterocycles. The Morgan fingerprint density at radius 2 is 1.87 bits per heavy atom. The van der Waals surface area contributed by atoms with Gasteiger partial charge in [0, 0.05) is 0 Å². The number of aromatic nitrogens is 1. The number of rotatable bonds is 4.